The molecule has 3 heteroatoms. The van der Waals surface area contributed by atoms with E-state index in [2.05, 4.69) is 22.0 Å². The first-order valence-electron chi connectivity index (χ1n) is 5.99. The molecular weight excluding hydrogens is 302 g/mol. The zero-order chi connectivity index (χ0) is 13.8. The fourth-order valence-electron chi connectivity index (χ4n) is 2.01. The average Bonchev–Trinajstić information content (AvgIpc) is 2.39. The van der Waals surface area contributed by atoms with Crippen LogP contribution in [0.2, 0.25) is 0 Å². The van der Waals surface area contributed by atoms with Crippen LogP contribution in [0.3, 0.4) is 0 Å². The smallest absolute Gasteiger partial charge is 0.125 e. The Balaban J connectivity index is 2.21. The first-order valence-corrected chi connectivity index (χ1v) is 6.78. The van der Waals surface area contributed by atoms with Crippen LogP contribution < -0.4 is 4.74 Å². The molecule has 0 bridgehead atoms. The number of halogens is 1. The van der Waals surface area contributed by atoms with Crippen molar-refractivity contribution in [3.05, 3.63) is 63.1 Å². The maximum atomic E-state index is 8.92. The van der Waals surface area contributed by atoms with Crippen LogP contribution in [-0.4, -0.2) is 0 Å². The third kappa shape index (κ3) is 3.15. The molecule has 0 spiro atoms. The summed E-state index contributed by atoms with van der Waals surface area (Å²) >= 11 is 3.51. The van der Waals surface area contributed by atoms with E-state index in [9.17, 15) is 0 Å². The van der Waals surface area contributed by atoms with Gasteiger partial charge in [-0.05, 0) is 43.2 Å². The molecule has 0 N–H and O–H groups in total. The van der Waals surface area contributed by atoms with Gasteiger partial charge in [-0.3, -0.25) is 0 Å². The molecular formula is C16H14BrNO. The third-order valence-electron chi connectivity index (χ3n) is 2.92. The second kappa shape index (κ2) is 5.90. The highest BCUT2D eigenvalue weighted by molar-refractivity contribution is 9.10. The molecule has 0 aliphatic carbocycles. The number of rotatable bonds is 3. The molecule has 19 heavy (non-hydrogen) atoms. The van der Waals surface area contributed by atoms with E-state index in [1.54, 1.807) is 0 Å². The second-order valence-electron chi connectivity index (χ2n) is 4.43. The number of nitrogens with zero attached hydrogens (tertiary/aromatic N) is 1. The van der Waals surface area contributed by atoms with E-state index < -0.39 is 0 Å². The lowest BCUT2D eigenvalue weighted by Crippen LogP contribution is -2.00. The van der Waals surface area contributed by atoms with Crippen LogP contribution in [0.1, 0.15) is 22.3 Å². The highest BCUT2D eigenvalue weighted by atomic mass is 79.9. The standard InChI is InChI=1S/C16H14BrNO/c1-11-7-13(9-18)8-12(2)16(11)19-10-14-5-3-4-6-15(14)17/h3-8H,10H2,1-2H3. The van der Waals surface area contributed by atoms with Crippen molar-refractivity contribution < 1.29 is 4.74 Å². The highest BCUT2D eigenvalue weighted by Crippen LogP contribution is 2.26. The molecule has 0 saturated carbocycles. The van der Waals surface area contributed by atoms with Gasteiger partial charge >= 0.3 is 0 Å². The molecule has 0 aromatic heterocycles. The summed E-state index contributed by atoms with van der Waals surface area (Å²) in [4.78, 5) is 0. The summed E-state index contributed by atoms with van der Waals surface area (Å²) < 4.78 is 6.94. The van der Waals surface area contributed by atoms with E-state index in [1.807, 2.05) is 50.2 Å². The Labute approximate surface area is 121 Å². The number of benzene rings is 2. The van der Waals surface area contributed by atoms with Gasteiger partial charge in [0.05, 0.1) is 11.6 Å². The minimum atomic E-state index is 0.509. The van der Waals surface area contributed by atoms with Crippen molar-refractivity contribution in [2.75, 3.05) is 0 Å². The van der Waals surface area contributed by atoms with Gasteiger partial charge in [0.15, 0.2) is 0 Å². The number of hydrogen-bond acceptors (Lipinski definition) is 2. The maximum Gasteiger partial charge on any atom is 0.125 e. The summed E-state index contributed by atoms with van der Waals surface area (Å²) in [6, 6.07) is 13.8. The van der Waals surface area contributed by atoms with Gasteiger partial charge in [-0.25, -0.2) is 0 Å². The average molecular weight is 316 g/mol. The van der Waals surface area contributed by atoms with Crippen LogP contribution in [0.4, 0.5) is 0 Å². The Morgan fingerprint density at radius 3 is 2.37 bits per heavy atom. The molecule has 0 fully saturated rings. The summed E-state index contributed by atoms with van der Waals surface area (Å²) in [6.07, 6.45) is 0. The minimum absolute atomic E-state index is 0.509. The van der Waals surface area contributed by atoms with Gasteiger partial charge < -0.3 is 4.74 Å². The molecule has 2 aromatic rings. The SMILES string of the molecule is Cc1cc(C#N)cc(C)c1OCc1ccccc1Br. The van der Waals surface area contributed by atoms with Gasteiger partial charge in [-0.15, -0.1) is 0 Å². The maximum absolute atomic E-state index is 8.92. The topological polar surface area (TPSA) is 33.0 Å². The Kier molecular flexibility index (Phi) is 4.24. The van der Waals surface area contributed by atoms with E-state index in [1.165, 1.54) is 0 Å². The number of ether oxygens (including phenoxy) is 1. The lowest BCUT2D eigenvalue weighted by atomic mass is 10.1. The number of nitriles is 1. The van der Waals surface area contributed by atoms with E-state index in [4.69, 9.17) is 10.00 Å². The lowest BCUT2D eigenvalue weighted by molar-refractivity contribution is 0.301. The summed E-state index contributed by atoms with van der Waals surface area (Å²) in [7, 11) is 0. The fourth-order valence-corrected chi connectivity index (χ4v) is 2.41. The minimum Gasteiger partial charge on any atom is -0.488 e. The van der Waals surface area contributed by atoms with Crippen LogP contribution >= 0.6 is 15.9 Å². The predicted molar refractivity (Wildman–Crippen MR) is 79.1 cm³/mol. The van der Waals surface area contributed by atoms with Crippen molar-refractivity contribution in [2.24, 2.45) is 0 Å². The van der Waals surface area contributed by atoms with Gasteiger partial charge in [0, 0.05) is 10.0 Å². The summed E-state index contributed by atoms with van der Waals surface area (Å²) in [6.45, 7) is 4.43. The fraction of sp³-hybridized carbons (Fsp3) is 0.188. The van der Waals surface area contributed by atoms with Crippen LogP contribution in [0.15, 0.2) is 40.9 Å². The Morgan fingerprint density at radius 2 is 1.79 bits per heavy atom. The largest absolute Gasteiger partial charge is 0.488 e. The molecule has 0 heterocycles. The summed E-state index contributed by atoms with van der Waals surface area (Å²) in [5, 5.41) is 8.92. The number of aryl methyl sites for hydroxylation is 2. The van der Waals surface area contributed by atoms with Crippen molar-refractivity contribution >= 4 is 15.9 Å². The van der Waals surface area contributed by atoms with Gasteiger partial charge in [0.1, 0.15) is 12.4 Å². The Hall–Kier alpha value is -1.79. The quantitative estimate of drug-likeness (QED) is 0.834. The van der Waals surface area contributed by atoms with E-state index in [0.717, 1.165) is 26.9 Å². The van der Waals surface area contributed by atoms with Crippen LogP contribution in [0.5, 0.6) is 5.75 Å². The van der Waals surface area contributed by atoms with Gasteiger partial charge in [-0.1, -0.05) is 34.1 Å². The molecule has 2 aromatic carbocycles. The monoisotopic (exact) mass is 315 g/mol. The van der Waals surface area contributed by atoms with Crippen LogP contribution in [-0.2, 0) is 6.61 Å². The van der Waals surface area contributed by atoms with Gasteiger partial charge in [-0.2, -0.15) is 5.26 Å². The van der Waals surface area contributed by atoms with E-state index in [0.29, 0.717) is 12.2 Å². The molecule has 0 amide bonds. The van der Waals surface area contributed by atoms with Crippen LogP contribution in [0.25, 0.3) is 0 Å². The van der Waals surface area contributed by atoms with Crippen LogP contribution in [0, 0.1) is 25.2 Å². The molecule has 0 radical (unpaired) electrons. The first-order chi connectivity index (χ1) is 9.11. The molecule has 2 nitrogen and oxygen atoms in total. The van der Waals surface area contributed by atoms with Crippen molar-refractivity contribution in [2.45, 2.75) is 20.5 Å². The zero-order valence-corrected chi connectivity index (χ0v) is 12.5. The van der Waals surface area contributed by atoms with Gasteiger partial charge in [0.25, 0.3) is 0 Å². The molecule has 0 aliphatic rings. The second-order valence-corrected chi connectivity index (χ2v) is 5.29. The summed E-state index contributed by atoms with van der Waals surface area (Å²) in [5.41, 5.74) is 3.75. The molecule has 0 unspecified atom stereocenters. The summed E-state index contributed by atoms with van der Waals surface area (Å²) in [5.74, 6) is 0.856. The first kappa shape index (κ1) is 13.6. The van der Waals surface area contributed by atoms with Gasteiger partial charge in [0.2, 0.25) is 0 Å². The van der Waals surface area contributed by atoms with E-state index >= 15 is 0 Å². The number of hydrogen-bond donors (Lipinski definition) is 0. The third-order valence-corrected chi connectivity index (χ3v) is 3.69. The lowest BCUT2D eigenvalue weighted by Gasteiger charge is -2.13. The van der Waals surface area contributed by atoms with Crippen molar-refractivity contribution in [1.29, 1.82) is 5.26 Å². The van der Waals surface area contributed by atoms with Crippen molar-refractivity contribution in [3.8, 4) is 11.8 Å². The zero-order valence-electron chi connectivity index (χ0n) is 10.9. The molecule has 0 aliphatic heterocycles. The Morgan fingerprint density at radius 1 is 1.16 bits per heavy atom. The predicted octanol–water partition coefficient (Wildman–Crippen LogP) is 4.52. The molecule has 0 saturated heterocycles. The normalized spacial score (nSPS) is 10.0. The molecule has 0 atom stereocenters. The molecule has 2 rings (SSSR count). The molecule has 96 valence electrons. The Bertz CT molecular complexity index is 620. The highest BCUT2D eigenvalue weighted by Gasteiger charge is 2.07. The van der Waals surface area contributed by atoms with Crippen molar-refractivity contribution in [3.63, 3.8) is 0 Å². The van der Waals surface area contributed by atoms with Crippen molar-refractivity contribution in [1.82, 2.24) is 0 Å². The van der Waals surface area contributed by atoms with E-state index in [-0.39, 0.29) is 0 Å².